The molecule has 1 aromatic heterocycles. The summed E-state index contributed by atoms with van der Waals surface area (Å²) in [6, 6.07) is 13.5. The van der Waals surface area contributed by atoms with Crippen molar-refractivity contribution in [2.24, 2.45) is 0 Å². The van der Waals surface area contributed by atoms with Crippen molar-refractivity contribution in [3.63, 3.8) is 0 Å². The minimum atomic E-state index is -0.567. The third kappa shape index (κ3) is 4.91. The van der Waals surface area contributed by atoms with Gasteiger partial charge in [-0.15, -0.1) is 0 Å². The van der Waals surface area contributed by atoms with E-state index < -0.39 is 6.04 Å². The molecule has 1 amide bonds. The number of esters is 1. The van der Waals surface area contributed by atoms with Crippen LogP contribution < -0.4 is 5.56 Å². The van der Waals surface area contributed by atoms with Gasteiger partial charge in [0.25, 0.3) is 5.56 Å². The number of aromatic nitrogens is 2. The molecule has 0 N–H and O–H groups in total. The third-order valence-electron chi connectivity index (χ3n) is 5.54. The van der Waals surface area contributed by atoms with Crippen LogP contribution in [0.2, 0.25) is 5.02 Å². The molecular formula is C24H24ClN3O4S. The van der Waals surface area contributed by atoms with E-state index in [-0.39, 0.29) is 29.8 Å². The number of nitrogens with zero attached hydrogens (tertiary/aromatic N) is 3. The number of piperidine rings is 1. The van der Waals surface area contributed by atoms with E-state index in [0.717, 1.165) is 24.6 Å². The SMILES string of the molecule is CCOC(=O)C1CCCCN1C(=O)CSc1nc2ccccc2c(=O)n1-c1ccccc1Cl. The fourth-order valence-corrected chi connectivity index (χ4v) is 5.09. The zero-order valence-electron chi connectivity index (χ0n) is 18.2. The maximum Gasteiger partial charge on any atom is 0.328 e. The Bertz CT molecular complexity index is 1250. The summed E-state index contributed by atoms with van der Waals surface area (Å²) in [5.41, 5.74) is 0.786. The number of thioether (sulfide) groups is 1. The van der Waals surface area contributed by atoms with Crippen LogP contribution in [0.15, 0.2) is 58.5 Å². The van der Waals surface area contributed by atoms with Gasteiger partial charge < -0.3 is 9.64 Å². The first-order chi connectivity index (χ1) is 16.0. The number of fused-ring (bicyclic) bond motifs is 1. The van der Waals surface area contributed by atoms with Gasteiger partial charge in [0.2, 0.25) is 5.91 Å². The van der Waals surface area contributed by atoms with Crippen LogP contribution in [-0.2, 0) is 14.3 Å². The molecule has 0 saturated carbocycles. The van der Waals surface area contributed by atoms with Crippen molar-refractivity contribution in [3.8, 4) is 5.69 Å². The molecule has 1 aliphatic heterocycles. The second-order valence-corrected chi connectivity index (χ2v) is 8.99. The predicted octanol–water partition coefficient (Wildman–Crippen LogP) is 4.08. The van der Waals surface area contributed by atoms with Crippen LogP contribution in [0.5, 0.6) is 0 Å². The lowest BCUT2D eigenvalue weighted by Crippen LogP contribution is -2.49. The van der Waals surface area contributed by atoms with E-state index in [9.17, 15) is 14.4 Å². The standard InChI is InChI=1S/C24H24ClN3O4S/c1-2-32-23(31)20-13-7-8-14-27(20)21(29)15-33-24-26-18-11-5-3-9-16(18)22(30)28(24)19-12-6-4-10-17(19)25/h3-6,9-12,20H,2,7-8,13-15H2,1H3. The molecule has 33 heavy (non-hydrogen) atoms. The highest BCUT2D eigenvalue weighted by molar-refractivity contribution is 7.99. The first-order valence-electron chi connectivity index (χ1n) is 10.9. The highest BCUT2D eigenvalue weighted by atomic mass is 35.5. The summed E-state index contributed by atoms with van der Waals surface area (Å²) in [6.45, 7) is 2.53. The van der Waals surface area contributed by atoms with Gasteiger partial charge in [-0.05, 0) is 50.5 Å². The maximum absolute atomic E-state index is 13.4. The molecular weight excluding hydrogens is 462 g/mol. The molecule has 1 aliphatic rings. The van der Waals surface area contributed by atoms with E-state index in [2.05, 4.69) is 4.98 Å². The van der Waals surface area contributed by atoms with Crippen molar-refractivity contribution in [2.45, 2.75) is 37.4 Å². The van der Waals surface area contributed by atoms with E-state index in [1.54, 1.807) is 54.3 Å². The van der Waals surface area contributed by atoms with Crippen molar-refractivity contribution < 1.29 is 14.3 Å². The lowest BCUT2D eigenvalue weighted by atomic mass is 10.0. The number of halogens is 1. The lowest BCUT2D eigenvalue weighted by molar-refractivity contribution is -0.155. The Morgan fingerprint density at radius 2 is 1.91 bits per heavy atom. The fraction of sp³-hybridized carbons (Fsp3) is 0.333. The Kier molecular flexibility index (Phi) is 7.35. The normalized spacial score (nSPS) is 16.1. The van der Waals surface area contributed by atoms with E-state index in [1.807, 2.05) is 6.07 Å². The van der Waals surface area contributed by atoms with Crippen LogP contribution in [0.3, 0.4) is 0 Å². The summed E-state index contributed by atoms with van der Waals surface area (Å²) in [4.78, 5) is 45.1. The molecule has 1 atom stereocenters. The van der Waals surface area contributed by atoms with Crippen LogP contribution in [0.25, 0.3) is 16.6 Å². The van der Waals surface area contributed by atoms with Gasteiger partial charge in [0, 0.05) is 6.54 Å². The highest BCUT2D eigenvalue weighted by Gasteiger charge is 2.33. The summed E-state index contributed by atoms with van der Waals surface area (Å²) in [5.74, 6) is -0.524. The topological polar surface area (TPSA) is 81.5 Å². The number of hydrogen-bond acceptors (Lipinski definition) is 6. The Morgan fingerprint density at radius 3 is 2.70 bits per heavy atom. The fourth-order valence-electron chi connectivity index (χ4n) is 3.98. The predicted molar refractivity (Wildman–Crippen MR) is 129 cm³/mol. The maximum atomic E-state index is 13.4. The number of amides is 1. The van der Waals surface area contributed by atoms with Gasteiger partial charge in [-0.1, -0.05) is 47.6 Å². The minimum absolute atomic E-state index is 0.0329. The first-order valence-corrected chi connectivity index (χ1v) is 12.2. The molecule has 0 spiro atoms. The van der Waals surface area contributed by atoms with Crippen LogP contribution in [0.1, 0.15) is 26.2 Å². The summed E-state index contributed by atoms with van der Waals surface area (Å²) in [6.07, 6.45) is 2.30. The molecule has 2 aromatic carbocycles. The van der Waals surface area contributed by atoms with Gasteiger partial charge in [0.15, 0.2) is 5.16 Å². The minimum Gasteiger partial charge on any atom is -0.464 e. The summed E-state index contributed by atoms with van der Waals surface area (Å²) >= 11 is 7.56. The summed E-state index contributed by atoms with van der Waals surface area (Å²) in [7, 11) is 0. The summed E-state index contributed by atoms with van der Waals surface area (Å²) < 4.78 is 6.61. The highest BCUT2D eigenvalue weighted by Crippen LogP contribution is 2.27. The molecule has 2 heterocycles. The van der Waals surface area contributed by atoms with Gasteiger partial charge in [0.05, 0.1) is 34.0 Å². The molecule has 1 saturated heterocycles. The van der Waals surface area contributed by atoms with Gasteiger partial charge in [-0.25, -0.2) is 9.78 Å². The second kappa shape index (κ2) is 10.4. The van der Waals surface area contributed by atoms with Crippen molar-refractivity contribution in [1.82, 2.24) is 14.5 Å². The molecule has 7 nitrogen and oxygen atoms in total. The molecule has 0 bridgehead atoms. The van der Waals surface area contributed by atoms with Gasteiger partial charge >= 0.3 is 5.97 Å². The monoisotopic (exact) mass is 485 g/mol. The summed E-state index contributed by atoms with van der Waals surface area (Å²) in [5, 5.41) is 1.24. The second-order valence-electron chi connectivity index (χ2n) is 7.64. The molecule has 0 radical (unpaired) electrons. The Morgan fingerprint density at radius 1 is 1.15 bits per heavy atom. The lowest BCUT2D eigenvalue weighted by Gasteiger charge is -2.34. The molecule has 172 valence electrons. The van der Waals surface area contributed by atoms with Crippen LogP contribution in [0, 0.1) is 0 Å². The average Bonchev–Trinajstić information content (AvgIpc) is 2.83. The Hall–Kier alpha value is -2.84. The molecule has 4 rings (SSSR count). The van der Waals surface area contributed by atoms with E-state index in [4.69, 9.17) is 16.3 Å². The largest absolute Gasteiger partial charge is 0.464 e. The number of likely N-dealkylation sites (tertiary alicyclic amines) is 1. The number of hydrogen-bond donors (Lipinski definition) is 0. The molecule has 9 heteroatoms. The molecule has 3 aromatic rings. The van der Waals surface area contributed by atoms with Gasteiger partial charge in [-0.3, -0.25) is 14.2 Å². The smallest absolute Gasteiger partial charge is 0.328 e. The van der Waals surface area contributed by atoms with Gasteiger partial charge in [-0.2, -0.15) is 0 Å². The van der Waals surface area contributed by atoms with E-state index in [1.165, 1.54) is 4.57 Å². The third-order valence-corrected chi connectivity index (χ3v) is 6.79. The molecule has 0 aliphatic carbocycles. The number of carbonyl (C=O) groups excluding carboxylic acids is 2. The zero-order valence-corrected chi connectivity index (χ0v) is 19.8. The molecule has 1 fully saturated rings. The number of ether oxygens (including phenoxy) is 1. The number of carbonyl (C=O) groups is 2. The van der Waals surface area contributed by atoms with Crippen LogP contribution in [0.4, 0.5) is 0 Å². The Balaban J connectivity index is 1.66. The van der Waals surface area contributed by atoms with E-state index in [0.29, 0.717) is 39.7 Å². The average molecular weight is 486 g/mol. The van der Waals surface area contributed by atoms with Crippen molar-refractivity contribution >= 4 is 46.1 Å². The number of para-hydroxylation sites is 2. The van der Waals surface area contributed by atoms with Crippen molar-refractivity contribution in [1.29, 1.82) is 0 Å². The van der Waals surface area contributed by atoms with E-state index >= 15 is 0 Å². The quantitative estimate of drug-likeness (QED) is 0.297. The Labute approximate surface area is 200 Å². The van der Waals surface area contributed by atoms with Crippen LogP contribution in [-0.4, -0.2) is 51.3 Å². The zero-order chi connectivity index (χ0) is 23.4. The first kappa shape index (κ1) is 23.3. The number of benzene rings is 2. The van der Waals surface area contributed by atoms with Crippen LogP contribution >= 0.6 is 23.4 Å². The van der Waals surface area contributed by atoms with Crippen molar-refractivity contribution in [2.75, 3.05) is 18.9 Å². The number of rotatable bonds is 6. The molecule has 1 unspecified atom stereocenters. The van der Waals surface area contributed by atoms with Gasteiger partial charge in [0.1, 0.15) is 6.04 Å². The van der Waals surface area contributed by atoms with Crippen molar-refractivity contribution in [3.05, 3.63) is 63.9 Å².